The van der Waals surface area contributed by atoms with Crippen LogP contribution in [0.2, 0.25) is 0 Å². The van der Waals surface area contributed by atoms with Crippen molar-refractivity contribution >= 4 is 69.2 Å². The Morgan fingerprint density at radius 3 is 1.45 bits per heavy atom. The van der Waals surface area contributed by atoms with Crippen molar-refractivity contribution in [1.29, 1.82) is 0 Å². The first-order chi connectivity index (χ1) is 21.6. The maximum absolute atomic E-state index is 13.7. The van der Waals surface area contributed by atoms with Gasteiger partial charge < -0.3 is 0 Å². The van der Waals surface area contributed by atoms with Gasteiger partial charge in [-0.15, -0.1) is 0 Å². The average molecular weight is 617 g/mol. The summed E-state index contributed by atoms with van der Waals surface area (Å²) in [6.07, 6.45) is 8.47. The van der Waals surface area contributed by atoms with Crippen LogP contribution >= 0.6 is 23.5 Å². The van der Waals surface area contributed by atoms with Gasteiger partial charge in [-0.2, -0.15) is 0 Å². The number of rotatable bonds is 8. The molecule has 0 N–H and O–H groups in total. The monoisotopic (exact) mass is 616 g/mol. The van der Waals surface area contributed by atoms with Gasteiger partial charge in [0.25, 0.3) is 11.8 Å². The summed E-state index contributed by atoms with van der Waals surface area (Å²) in [7, 11) is 0. The lowest BCUT2D eigenvalue weighted by Gasteiger charge is -2.24. The minimum absolute atomic E-state index is 0.0982. The highest BCUT2D eigenvalue weighted by Gasteiger charge is 2.37. The van der Waals surface area contributed by atoms with Crippen LogP contribution in [-0.4, -0.2) is 36.7 Å². The quantitative estimate of drug-likeness (QED) is 0.153. The van der Waals surface area contributed by atoms with Crippen LogP contribution < -0.4 is 9.80 Å². The number of nitrogens with zero attached hydrogens (tertiary/aromatic N) is 6. The van der Waals surface area contributed by atoms with Gasteiger partial charge >= 0.3 is 0 Å². The number of carbonyl (C=O) groups excluding carboxylic acids is 2. The number of aromatic nitrogens is 2. The van der Waals surface area contributed by atoms with Gasteiger partial charge in [-0.3, -0.25) is 29.4 Å². The summed E-state index contributed by atoms with van der Waals surface area (Å²) in [6, 6.07) is 30.1. The van der Waals surface area contributed by atoms with E-state index in [0.717, 1.165) is 24.2 Å². The van der Waals surface area contributed by atoms with Crippen molar-refractivity contribution in [2.24, 2.45) is 9.98 Å². The van der Waals surface area contributed by atoms with Crippen molar-refractivity contribution in [2.75, 3.05) is 9.80 Å². The minimum Gasteiger partial charge on any atom is -0.266 e. The number of para-hydroxylation sites is 2. The topological polar surface area (TPSA) is 91.1 Å². The Morgan fingerprint density at radius 1 is 0.636 bits per heavy atom. The van der Waals surface area contributed by atoms with E-state index in [-0.39, 0.29) is 16.4 Å². The summed E-state index contributed by atoms with van der Waals surface area (Å²) in [5.74, 6) is -0.436. The lowest BCUT2D eigenvalue weighted by molar-refractivity contribution is -0.114. The van der Waals surface area contributed by atoms with Crippen molar-refractivity contribution in [3.8, 4) is 0 Å². The number of carbonyl (C=O) groups is 2. The molecule has 0 fully saturated rings. The molecule has 2 aromatic carbocycles. The van der Waals surface area contributed by atoms with Gasteiger partial charge in [-0.1, -0.05) is 85.4 Å². The molecular weight excluding hydrogens is 589 g/mol. The summed E-state index contributed by atoms with van der Waals surface area (Å²) in [6.45, 7) is 2.11. The highest BCUT2D eigenvalue weighted by molar-refractivity contribution is 8.30. The molecule has 2 aliphatic heterocycles. The zero-order valence-corrected chi connectivity index (χ0v) is 25.5. The van der Waals surface area contributed by atoms with Gasteiger partial charge in [0, 0.05) is 12.4 Å². The molecule has 2 amide bonds. The second kappa shape index (κ2) is 13.7. The molecule has 0 radical (unpaired) electrons. The maximum Gasteiger partial charge on any atom is 0.283 e. The smallest absolute Gasteiger partial charge is 0.266 e. The minimum atomic E-state index is -0.218. The lowest BCUT2D eigenvalue weighted by atomic mass is 10.2. The Kier molecular flexibility index (Phi) is 9.09. The molecule has 4 aromatic rings. The van der Waals surface area contributed by atoms with E-state index >= 15 is 0 Å². The predicted octanol–water partition coefficient (Wildman–Crippen LogP) is 7.26. The van der Waals surface area contributed by atoms with Crippen LogP contribution in [0.25, 0.3) is 12.2 Å². The summed E-state index contributed by atoms with van der Waals surface area (Å²) in [5, 5.41) is 1.13. The molecule has 0 saturated heterocycles. The standard InChI is InChI=1S/C34H28N6O2S2/c1-2-13-30(43-33-37-28(22-24-14-9-11-20-35-24)31(41)39(33)26-16-5-3-6-17-26)44-34-38-29(23-25-15-10-12-21-36-25)32(42)40(34)27-18-7-4-8-19-27/h3-12,14-23,30H,2,13H2,1H3/b28-22-,29-23-. The first-order valence-electron chi connectivity index (χ1n) is 14.2. The Morgan fingerprint density at radius 2 is 1.07 bits per heavy atom. The zero-order valence-electron chi connectivity index (χ0n) is 23.9. The third-order valence-electron chi connectivity index (χ3n) is 6.63. The number of hydrogen-bond donors (Lipinski definition) is 0. The fourth-order valence-electron chi connectivity index (χ4n) is 4.58. The molecule has 4 heterocycles. The fraction of sp³-hybridized carbons (Fsp3) is 0.118. The Balaban J connectivity index is 1.34. The second-order valence-electron chi connectivity index (χ2n) is 9.76. The van der Waals surface area contributed by atoms with Crippen LogP contribution in [-0.2, 0) is 9.59 Å². The van der Waals surface area contributed by atoms with E-state index in [2.05, 4.69) is 16.9 Å². The average Bonchev–Trinajstić information content (AvgIpc) is 3.52. The summed E-state index contributed by atoms with van der Waals surface area (Å²) in [5.41, 5.74) is 3.40. The number of pyridine rings is 2. The number of benzene rings is 2. The first kappa shape index (κ1) is 29.3. The first-order valence-corrected chi connectivity index (χ1v) is 15.9. The molecule has 218 valence electrons. The van der Waals surface area contributed by atoms with Crippen molar-refractivity contribution in [2.45, 2.75) is 24.3 Å². The van der Waals surface area contributed by atoms with Crippen molar-refractivity contribution < 1.29 is 9.59 Å². The van der Waals surface area contributed by atoms with E-state index in [9.17, 15) is 9.59 Å². The molecule has 0 unspecified atom stereocenters. The second-order valence-corrected chi connectivity index (χ2v) is 12.4. The Labute approximate surface area is 264 Å². The highest BCUT2D eigenvalue weighted by Crippen LogP contribution is 2.39. The van der Waals surface area contributed by atoms with E-state index in [1.54, 1.807) is 34.3 Å². The van der Waals surface area contributed by atoms with Crippen molar-refractivity contribution in [3.63, 3.8) is 0 Å². The normalized spacial score (nSPS) is 16.8. The molecule has 10 heteroatoms. The van der Waals surface area contributed by atoms with Crippen LogP contribution in [0, 0.1) is 0 Å². The molecule has 0 spiro atoms. The number of amides is 2. The van der Waals surface area contributed by atoms with Crippen LogP contribution in [0.15, 0.2) is 131 Å². The fourth-order valence-corrected chi connectivity index (χ4v) is 7.35. The Hall–Kier alpha value is -4.80. The molecule has 8 nitrogen and oxygen atoms in total. The molecular formula is C34H28N6O2S2. The van der Waals surface area contributed by atoms with Gasteiger partial charge in [-0.05, 0) is 67.1 Å². The number of amidine groups is 2. The molecule has 2 aromatic heterocycles. The van der Waals surface area contributed by atoms with Gasteiger partial charge in [0.05, 0.1) is 27.3 Å². The number of thioether (sulfide) groups is 2. The molecule has 0 atom stereocenters. The third kappa shape index (κ3) is 6.56. The highest BCUT2D eigenvalue weighted by atomic mass is 32.2. The molecule has 0 bridgehead atoms. The maximum atomic E-state index is 13.7. The van der Waals surface area contributed by atoms with Gasteiger partial charge in [0.1, 0.15) is 11.4 Å². The largest absolute Gasteiger partial charge is 0.283 e. The van der Waals surface area contributed by atoms with Gasteiger partial charge in [0.15, 0.2) is 10.3 Å². The van der Waals surface area contributed by atoms with Gasteiger partial charge in [-0.25, -0.2) is 9.98 Å². The summed E-state index contributed by atoms with van der Waals surface area (Å²) >= 11 is 2.99. The van der Waals surface area contributed by atoms with Crippen LogP contribution in [0.4, 0.5) is 11.4 Å². The van der Waals surface area contributed by atoms with Crippen LogP contribution in [0.1, 0.15) is 31.2 Å². The summed E-state index contributed by atoms with van der Waals surface area (Å²) < 4.78 is -0.0982. The lowest BCUT2D eigenvalue weighted by Crippen LogP contribution is -2.33. The molecule has 44 heavy (non-hydrogen) atoms. The SMILES string of the molecule is CCCC(SC1=N/C(=C\c2ccccn2)C(=O)N1c1ccccc1)SC1=N/C(=C\c2ccccn2)C(=O)N1c1ccccc1. The van der Waals surface area contributed by atoms with Crippen molar-refractivity contribution in [1.82, 2.24) is 9.97 Å². The molecule has 0 saturated carbocycles. The van der Waals surface area contributed by atoms with Crippen LogP contribution in [0.5, 0.6) is 0 Å². The van der Waals surface area contributed by atoms with Gasteiger partial charge in [0.2, 0.25) is 0 Å². The molecule has 6 rings (SSSR count). The predicted molar refractivity (Wildman–Crippen MR) is 181 cm³/mol. The molecule has 2 aliphatic rings. The van der Waals surface area contributed by atoms with E-state index in [1.807, 2.05) is 97.1 Å². The van der Waals surface area contributed by atoms with Crippen molar-refractivity contribution in [3.05, 3.63) is 132 Å². The summed E-state index contributed by atoms with van der Waals surface area (Å²) in [4.78, 5) is 49.0. The number of aliphatic imine (C=N–C) groups is 2. The third-order valence-corrected chi connectivity index (χ3v) is 9.17. The van der Waals surface area contributed by atoms with E-state index in [4.69, 9.17) is 9.98 Å². The number of anilines is 2. The zero-order chi connectivity index (χ0) is 30.3. The van der Waals surface area contributed by atoms with E-state index < -0.39 is 0 Å². The van der Waals surface area contributed by atoms with Crippen LogP contribution in [0.3, 0.4) is 0 Å². The van der Waals surface area contributed by atoms with E-state index in [0.29, 0.717) is 33.1 Å². The Bertz CT molecular complexity index is 1630. The van der Waals surface area contributed by atoms with E-state index in [1.165, 1.54) is 23.5 Å². The molecule has 0 aliphatic carbocycles. The number of hydrogen-bond acceptors (Lipinski definition) is 8.